The van der Waals surface area contributed by atoms with Crippen LogP contribution in [-0.2, 0) is 0 Å². The molecule has 0 amide bonds. The molecule has 1 aliphatic rings. The number of aliphatic hydroxyl groups is 1. The molecular formula is C16H24O4. The monoisotopic (exact) mass is 280 g/mol. The number of hydrogen-bond donors (Lipinski definition) is 1. The van der Waals surface area contributed by atoms with Gasteiger partial charge in [0.05, 0.1) is 27.4 Å². The molecule has 3 unspecified atom stereocenters. The fourth-order valence-corrected chi connectivity index (χ4v) is 3.23. The highest BCUT2D eigenvalue weighted by molar-refractivity contribution is 5.56. The van der Waals surface area contributed by atoms with Gasteiger partial charge in [0.25, 0.3) is 0 Å². The number of rotatable bonds is 5. The van der Waals surface area contributed by atoms with Gasteiger partial charge in [-0.3, -0.25) is 0 Å². The van der Waals surface area contributed by atoms with E-state index in [9.17, 15) is 5.11 Å². The van der Waals surface area contributed by atoms with E-state index in [1.165, 1.54) is 12.8 Å². The van der Waals surface area contributed by atoms with E-state index in [0.717, 1.165) is 12.0 Å². The van der Waals surface area contributed by atoms with Gasteiger partial charge in [-0.2, -0.15) is 0 Å². The Kier molecular flexibility index (Phi) is 4.76. The quantitative estimate of drug-likeness (QED) is 0.900. The largest absolute Gasteiger partial charge is 0.493 e. The van der Waals surface area contributed by atoms with Crippen LogP contribution in [0.3, 0.4) is 0 Å². The van der Waals surface area contributed by atoms with Gasteiger partial charge in [0.2, 0.25) is 5.75 Å². The van der Waals surface area contributed by atoms with Crippen molar-refractivity contribution in [3.63, 3.8) is 0 Å². The van der Waals surface area contributed by atoms with Crippen LogP contribution in [0.4, 0.5) is 0 Å². The number of aliphatic hydroxyl groups excluding tert-OH is 1. The molecule has 0 radical (unpaired) electrons. The topological polar surface area (TPSA) is 47.9 Å². The van der Waals surface area contributed by atoms with Crippen molar-refractivity contribution in [2.24, 2.45) is 11.8 Å². The van der Waals surface area contributed by atoms with Crippen molar-refractivity contribution in [2.45, 2.75) is 32.3 Å². The zero-order chi connectivity index (χ0) is 14.7. The molecule has 1 N–H and O–H groups in total. The molecule has 0 spiro atoms. The molecule has 0 saturated heterocycles. The molecule has 1 fully saturated rings. The van der Waals surface area contributed by atoms with Crippen LogP contribution in [0.5, 0.6) is 17.2 Å². The van der Waals surface area contributed by atoms with Crippen LogP contribution in [0.2, 0.25) is 0 Å². The third kappa shape index (κ3) is 2.57. The maximum absolute atomic E-state index is 10.7. The number of benzene rings is 1. The van der Waals surface area contributed by atoms with Crippen LogP contribution < -0.4 is 14.2 Å². The molecule has 1 aromatic rings. The molecule has 1 saturated carbocycles. The number of hydrogen-bond acceptors (Lipinski definition) is 4. The van der Waals surface area contributed by atoms with Crippen molar-refractivity contribution in [1.82, 2.24) is 0 Å². The summed E-state index contributed by atoms with van der Waals surface area (Å²) in [4.78, 5) is 0. The van der Waals surface area contributed by atoms with E-state index >= 15 is 0 Å². The second-order valence-corrected chi connectivity index (χ2v) is 5.44. The smallest absolute Gasteiger partial charge is 0.203 e. The second kappa shape index (κ2) is 6.35. The van der Waals surface area contributed by atoms with Gasteiger partial charge >= 0.3 is 0 Å². The van der Waals surface area contributed by atoms with Crippen molar-refractivity contribution >= 4 is 0 Å². The summed E-state index contributed by atoms with van der Waals surface area (Å²) in [5.41, 5.74) is 0.781. The normalized spacial score (nSPS) is 23.4. The van der Waals surface area contributed by atoms with Gasteiger partial charge in [-0.25, -0.2) is 0 Å². The predicted molar refractivity (Wildman–Crippen MR) is 77.6 cm³/mol. The summed E-state index contributed by atoms with van der Waals surface area (Å²) in [7, 11) is 4.76. The maximum atomic E-state index is 10.7. The van der Waals surface area contributed by atoms with Gasteiger partial charge in [0, 0.05) is 5.56 Å². The zero-order valence-electron chi connectivity index (χ0n) is 12.7. The zero-order valence-corrected chi connectivity index (χ0v) is 12.7. The summed E-state index contributed by atoms with van der Waals surface area (Å²) in [5, 5.41) is 10.7. The standard InChI is InChI=1S/C16H24O4/c1-10-6-5-7-11(10)14(17)12-8-9-13(18-2)16(20-4)15(12)19-3/h8-11,14,17H,5-7H2,1-4H3. The summed E-state index contributed by atoms with van der Waals surface area (Å²) < 4.78 is 16.1. The van der Waals surface area contributed by atoms with Crippen LogP contribution in [-0.4, -0.2) is 26.4 Å². The first kappa shape index (κ1) is 15.0. The Hall–Kier alpha value is -1.42. The minimum absolute atomic E-state index is 0.280. The molecule has 0 bridgehead atoms. The lowest BCUT2D eigenvalue weighted by Gasteiger charge is -2.25. The average Bonchev–Trinajstić information content (AvgIpc) is 2.90. The Labute approximate surface area is 120 Å². The van der Waals surface area contributed by atoms with Gasteiger partial charge in [-0.1, -0.05) is 19.8 Å². The van der Waals surface area contributed by atoms with Gasteiger partial charge in [-0.05, 0) is 30.4 Å². The molecule has 112 valence electrons. The van der Waals surface area contributed by atoms with Crippen molar-refractivity contribution in [3.05, 3.63) is 17.7 Å². The van der Waals surface area contributed by atoms with Crippen molar-refractivity contribution in [2.75, 3.05) is 21.3 Å². The van der Waals surface area contributed by atoms with Crippen LogP contribution in [0.25, 0.3) is 0 Å². The molecule has 0 heterocycles. The molecule has 1 aliphatic carbocycles. The van der Waals surface area contributed by atoms with Crippen molar-refractivity contribution in [3.8, 4) is 17.2 Å². The highest BCUT2D eigenvalue weighted by Crippen LogP contribution is 2.47. The summed E-state index contributed by atoms with van der Waals surface area (Å²) in [6.45, 7) is 2.20. The Morgan fingerprint density at radius 3 is 2.25 bits per heavy atom. The minimum atomic E-state index is -0.526. The van der Waals surface area contributed by atoms with Gasteiger partial charge < -0.3 is 19.3 Å². The first-order chi connectivity index (χ1) is 9.63. The Morgan fingerprint density at radius 1 is 1.05 bits per heavy atom. The molecule has 1 aromatic carbocycles. The molecule has 0 aliphatic heterocycles. The van der Waals surface area contributed by atoms with Gasteiger partial charge in [-0.15, -0.1) is 0 Å². The van der Waals surface area contributed by atoms with Crippen molar-refractivity contribution in [1.29, 1.82) is 0 Å². The van der Waals surface area contributed by atoms with E-state index in [2.05, 4.69) is 6.92 Å². The molecular weight excluding hydrogens is 256 g/mol. The van der Waals surface area contributed by atoms with Crippen LogP contribution in [0.1, 0.15) is 37.9 Å². The Balaban J connectivity index is 2.40. The van der Waals surface area contributed by atoms with Gasteiger partial charge in [0.15, 0.2) is 11.5 Å². The Morgan fingerprint density at radius 2 is 1.75 bits per heavy atom. The lowest BCUT2D eigenvalue weighted by atomic mass is 9.87. The first-order valence-electron chi connectivity index (χ1n) is 7.11. The molecule has 2 rings (SSSR count). The van der Waals surface area contributed by atoms with Crippen molar-refractivity contribution < 1.29 is 19.3 Å². The summed E-state index contributed by atoms with van der Waals surface area (Å²) >= 11 is 0. The molecule has 3 atom stereocenters. The third-order valence-corrected chi connectivity index (χ3v) is 4.39. The van der Waals surface area contributed by atoms with Crippen LogP contribution in [0.15, 0.2) is 12.1 Å². The number of ether oxygens (including phenoxy) is 3. The third-order valence-electron chi connectivity index (χ3n) is 4.39. The lowest BCUT2D eigenvalue weighted by molar-refractivity contribution is 0.0869. The van der Waals surface area contributed by atoms with Gasteiger partial charge in [0.1, 0.15) is 0 Å². The number of methoxy groups -OCH3 is 3. The van der Waals surface area contributed by atoms with E-state index in [4.69, 9.17) is 14.2 Å². The lowest BCUT2D eigenvalue weighted by Crippen LogP contribution is -2.16. The summed E-state index contributed by atoms with van der Waals surface area (Å²) in [6, 6.07) is 3.69. The molecule has 4 heteroatoms. The highest BCUT2D eigenvalue weighted by Gasteiger charge is 2.33. The molecule has 20 heavy (non-hydrogen) atoms. The van der Waals surface area contributed by atoms with E-state index < -0.39 is 6.10 Å². The van der Waals surface area contributed by atoms with Crippen LogP contribution in [0, 0.1) is 11.8 Å². The minimum Gasteiger partial charge on any atom is -0.493 e. The SMILES string of the molecule is COc1ccc(C(O)C2CCCC2C)c(OC)c1OC. The second-order valence-electron chi connectivity index (χ2n) is 5.44. The molecule has 4 nitrogen and oxygen atoms in total. The summed E-state index contributed by atoms with van der Waals surface area (Å²) in [5.74, 6) is 2.53. The van der Waals surface area contributed by atoms with E-state index in [-0.39, 0.29) is 5.92 Å². The fourth-order valence-electron chi connectivity index (χ4n) is 3.23. The maximum Gasteiger partial charge on any atom is 0.203 e. The Bertz CT molecular complexity index is 458. The van der Waals surface area contributed by atoms with E-state index in [1.54, 1.807) is 21.3 Å². The fraction of sp³-hybridized carbons (Fsp3) is 0.625. The predicted octanol–water partition coefficient (Wildman–Crippen LogP) is 3.18. The average molecular weight is 280 g/mol. The summed E-state index contributed by atoms with van der Waals surface area (Å²) in [6.07, 6.45) is 2.89. The highest BCUT2D eigenvalue weighted by atomic mass is 16.5. The first-order valence-corrected chi connectivity index (χ1v) is 7.11. The van der Waals surface area contributed by atoms with E-state index in [1.807, 2.05) is 12.1 Å². The molecule has 0 aromatic heterocycles. The van der Waals surface area contributed by atoms with Crippen LogP contribution >= 0.6 is 0 Å². The van der Waals surface area contributed by atoms with E-state index in [0.29, 0.717) is 23.2 Å².